The van der Waals surface area contributed by atoms with E-state index in [9.17, 15) is 4.79 Å². The van der Waals surface area contributed by atoms with Crippen molar-refractivity contribution in [1.29, 1.82) is 0 Å². The van der Waals surface area contributed by atoms with Crippen LogP contribution in [-0.4, -0.2) is 35.8 Å². The molecule has 8 heteroatoms. The molecular weight excluding hydrogens is 435 g/mol. The van der Waals surface area contributed by atoms with Gasteiger partial charge in [0.15, 0.2) is 12.4 Å². The standard InChI is InChI=1S/C23H22Cl2N4O2/c24-17-7-8-19(25)21(14-17)31-15-23(30)26-18-6-4-5-16(13-18)20-9-10-22(28-27-20)29-11-2-1-3-12-29/h4-10,13-14H,1-3,11-12,15H2,(H,26,30). The Bertz CT molecular complexity index is 1050. The molecule has 1 fully saturated rings. The molecule has 2 heterocycles. The summed E-state index contributed by atoms with van der Waals surface area (Å²) >= 11 is 12.0. The summed E-state index contributed by atoms with van der Waals surface area (Å²) in [5.41, 5.74) is 2.26. The fraction of sp³-hybridized carbons (Fsp3) is 0.261. The number of piperidine rings is 1. The average molecular weight is 457 g/mol. The number of ether oxygens (including phenoxy) is 1. The number of nitrogens with zero attached hydrogens (tertiary/aromatic N) is 3. The number of carbonyl (C=O) groups excluding carboxylic acids is 1. The van der Waals surface area contributed by atoms with Crippen LogP contribution in [0, 0.1) is 0 Å². The molecule has 31 heavy (non-hydrogen) atoms. The highest BCUT2D eigenvalue weighted by Crippen LogP contribution is 2.28. The SMILES string of the molecule is O=C(COc1cc(Cl)ccc1Cl)Nc1cccc(-c2ccc(N3CCCCC3)nn2)c1. The Hall–Kier alpha value is -2.83. The first-order valence-corrected chi connectivity index (χ1v) is 10.9. The predicted molar refractivity (Wildman–Crippen MR) is 124 cm³/mol. The van der Waals surface area contributed by atoms with Crippen molar-refractivity contribution in [2.45, 2.75) is 19.3 Å². The van der Waals surface area contributed by atoms with E-state index < -0.39 is 0 Å². The number of anilines is 2. The van der Waals surface area contributed by atoms with Gasteiger partial charge in [0.05, 0.1) is 10.7 Å². The van der Waals surface area contributed by atoms with Crippen LogP contribution in [0.25, 0.3) is 11.3 Å². The van der Waals surface area contributed by atoms with Gasteiger partial charge in [0, 0.05) is 35.4 Å². The molecule has 0 unspecified atom stereocenters. The third-order valence-corrected chi connectivity index (χ3v) is 5.57. The maximum Gasteiger partial charge on any atom is 0.262 e. The molecule has 1 aromatic heterocycles. The van der Waals surface area contributed by atoms with Crippen molar-refractivity contribution in [2.24, 2.45) is 0 Å². The summed E-state index contributed by atoms with van der Waals surface area (Å²) < 4.78 is 5.48. The van der Waals surface area contributed by atoms with Gasteiger partial charge in [0.25, 0.3) is 5.91 Å². The minimum absolute atomic E-state index is 0.186. The molecule has 1 aliphatic heterocycles. The minimum Gasteiger partial charge on any atom is -0.482 e. The number of amides is 1. The molecule has 160 valence electrons. The summed E-state index contributed by atoms with van der Waals surface area (Å²) in [6, 6.07) is 16.3. The number of carbonyl (C=O) groups is 1. The molecule has 0 saturated carbocycles. The van der Waals surface area contributed by atoms with Gasteiger partial charge in [0.1, 0.15) is 5.75 Å². The van der Waals surface area contributed by atoms with Crippen molar-refractivity contribution in [3.8, 4) is 17.0 Å². The molecular formula is C23H22Cl2N4O2. The van der Waals surface area contributed by atoms with E-state index in [0.29, 0.717) is 21.5 Å². The largest absolute Gasteiger partial charge is 0.482 e. The van der Waals surface area contributed by atoms with Crippen molar-refractivity contribution >= 4 is 40.6 Å². The zero-order valence-corrected chi connectivity index (χ0v) is 18.4. The van der Waals surface area contributed by atoms with Crippen molar-refractivity contribution in [1.82, 2.24) is 10.2 Å². The fourth-order valence-corrected chi connectivity index (χ4v) is 3.79. The first-order valence-electron chi connectivity index (χ1n) is 10.2. The Morgan fingerprint density at radius 1 is 1.00 bits per heavy atom. The van der Waals surface area contributed by atoms with Gasteiger partial charge in [-0.1, -0.05) is 35.3 Å². The Morgan fingerprint density at radius 2 is 1.84 bits per heavy atom. The van der Waals surface area contributed by atoms with Crippen molar-refractivity contribution in [2.75, 3.05) is 29.9 Å². The molecule has 1 aliphatic rings. The van der Waals surface area contributed by atoms with E-state index in [2.05, 4.69) is 20.4 Å². The molecule has 0 atom stereocenters. The Labute approximate surface area is 191 Å². The molecule has 6 nitrogen and oxygen atoms in total. The summed E-state index contributed by atoms with van der Waals surface area (Å²) in [7, 11) is 0. The van der Waals surface area contributed by atoms with Crippen LogP contribution >= 0.6 is 23.2 Å². The van der Waals surface area contributed by atoms with E-state index in [-0.39, 0.29) is 12.5 Å². The second kappa shape index (κ2) is 9.98. The first-order chi connectivity index (χ1) is 15.1. The van der Waals surface area contributed by atoms with E-state index in [1.165, 1.54) is 19.3 Å². The lowest BCUT2D eigenvalue weighted by Gasteiger charge is -2.27. The maximum absolute atomic E-state index is 12.3. The second-order valence-corrected chi connectivity index (χ2v) is 8.16. The molecule has 1 N–H and O–H groups in total. The van der Waals surface area contributed by atoms with Crippen LogP contribution in [0.4, 0.5) is 11.5 Å². The van der Waals surface area contributed by atoms with Crippen LogP contribution in [-0.2, 0) is 4.79 Å². The molecule has 0 aliphatic carbocycles. The van der Waals surface area contributed by atoms with Crippen molar-refractivity contribution in [3.63, 3.8) is 0 Å². The van der Waals surface area contributed by atoms with Crippen LogP contribution in [0.5, 0.6) is 5.75 Å². The number of nitrogens with one attached hydrogen (secondary N) is 1. The number of halogens is 2. The van der Waals surface area contributed by atoms with E-state index in [4.69, 9.17) is 27.9 Å². The number of hydrogen-bond donors (Lipinski definition) is 1. The molecule has 1 saturated heterocycles. The first kappa shape index (κ1) is 21.4. The van der Waals surface area contributed by atoms with Gasteiger partial charge in [-0.15, -0.1) is 10.2 Å². The third-order valence-electron chi connectivity index (χ3n) is 5.02. The predicted octanol–water partition coefficient (Wildman–Crippen LogP) is 5.46. The Morgan fingerprint density at radius 3 is 2.61 bits per heavy atom. The van der Waals surface area contributed by atoms with E-state index in [1.54, 1.807) is 18.2 Å². The van der Waals surface area contributed by atoms with Crippen LogP contribution in [0.3, 0.4) is 0 Å². The third kappa shape index (κ3) is 5.66. The van der Waals surface area contributed by atoms with E-state index in [1.807, 2.05) is 36.4 Å². The summed E-state index contributed by atoms with van der Waals surface area (Å²) in [5.74, 6) is 0.964. The summed E-state index contributed by atoms with van der Waals surface area (Å²) in [5, 5.41) is 12.5. The van der Waals surface area contributed by atoms with Gasteiger partial charge in [-0.05, 0) is 55.7 Å². The molecule has 0 spiro atoms. The van der Waals surface area contributed by atoms with Gasteiger partial charge < -0.3 is 15.0 Å². The summed E-state index contributed by atoms with van der Waals surface area (Å²) in [6.07, 6.45) is 3.66. The highest BCUT2D eigenvalue weighted by Gasteiger charge is 2.13. The highest BCUT2D eigenvalue weighted by atomic mass is 35.5. The number of benzene rings is 2. The zero-order chi connectivity index (χ0) is 21.6. The number of aromatic nitrogens is 2. The average Bonchev–Trinajstić information content (AvgIpc) is 2.80. The zero-order valence-electron chi connectivity index (χ0n) is 16.9. The Kier molecular flexibility index (Phi) is 6.89. The van der Waals surface area contributed by atoms with Crippen molar-refractivity contribution < 1.29 is 9.53 Å². The van der Waals surface area contributed by atoms with Crippen LogP contribution in [0.15, 0.2) is 54.6 Å². The molecule has 2 aromatic carbocycles. The normalized spacial score (nSPS) is 13.7. The van der Waals surface area contributed by atoms with Crippen LogP contribution in [0.2, 0.25) is 10.0 Å². The van der Waals surface area contributed by atoms with Crippen LogP contribution < -0.4 is 15.0 Å². The minimum atomic E-state index is -0.306. The summed E-state index contributed by atoms with van der Waals surface area (Å²) in [4.78, 5) is 14.6. The lowest BCUT2D eigenvalue weighted by atomic mass is 10.1. The number of rotatable bonds is 6. The lowest BCUT2D eigenvalue weighted by Crippen LogP contribution is -2.30. The lowest BCUT2D eigenvalue weighted by molar-refractivity contribution is -0.118. The summed E-state index contributed by atoms with van der Waals surface area (Å²) in [6.45, 7) is 1.87. The maximum atomic E-state index is 12.3. The van der Waals surface area contributed by atoms with Crippen LogP contribution in [0.1, 0.15) is 19.3 Å². The van der Waals surface area contributed by atoms with Crippen molar-refractivity contribution in [3.05, 3.63) is 64.6 Å². The molecule has 0 radical (unpaired) electrons. The van der Waals surface area contributed by atoms with Gasteiger partial charge in [-0.3, -0.25) is 4.79 Å². The molecule has 0 bridgehead atoms. The fourth-order valence-electron chi connectivity index (χ4n) is 3.46. The smallest absolute Gasteiger partial charge is 0.262 e. The molecule has 1 amide bonds. The quantitative estimate of drug-likeness (QED) is 0.533. The van der Waals surface area contributed by atoms with Gasteiger partial charge in [0.2, 0.25) is 0 Å². The van der Waals surface area contributed by atoms with Gasteiger partial charge in [-0.25, -0.2) is 0 Å². The van der Waals surface area contributed by atoms with Gasteiger partial charge in [-0.2, -0.15) is 0 Å². The molecule has 4 rings (SSSR count). The van der Waals surface area contributed by atoms with E-state index in [0.717, 1.165) is 30.2 Å². The second-order valence-electron chi connectivity index (χ2n) is 7.32. The number of hydrogen-bond acceptors (Lipinski definition) is 5. The molecule has 3 aromatic rings. The monoisotopic (exact) mass is 456 g/mol. The highest BCUT2D eigenvalue weighted by molar-refractivity contribution is 6.34. The Balaban J connectivity index is 1.38. The van der Waals surface area contributed by atoms with E-state index >= 15 is 0 Å². The topological polar surface area (TPSA) is 67.3 Å². The van der Waals surface area contributed by atoms with Gasteiger partial charge >= 0.3 is 0 Å².